The molecule has 0 aromatic heterocycles. The third kappa shape index (κ3) is 35.6. The molecule has 0 saturated carbocycles. The van der Waals surface area contributed by atoms with E-state index in [-0.39, 0.29) is 13.2 Å². The largest absolute Gasteiger partial charge is 0.481 e. The molecule has 0 heterocycles. The number of ketones is 2. The van der Waals surface area contributed by atoms with Crippen LogP contribution in [0.15, 0.2) is 0 Å². The Balaban J connectivity index is -0.000000133. The zero-order valence-corrected chi connectivity index (χ0v) is 20.7. The monoisotopic (exact) mass is 594 g/mol. The maximum atomic E-state index is 10.3. The van der Waals surface area contributed by atoms with Gasteiger partial charge in [-0.05, 0) is 6.92 Å². The lowest BCUT2D eigenvalue weighted by Crippen LogP contribution is -2.42. The van der Waals surface area contributed by atoms with E-state index < -0.39 is 90.4 Å². The van der Waals surface area contributed by atoms with Crippen LogP contribution in [0, 0.1) is 0 Å². The van der Waals surface area contributed by atoms with E-state index >= 15 is 0 Å². The molecule has 0 bridgehead atoms. The van der Waals surface area contributed by atoms with Gasteiger partial charge in [-0.15, -0.1) is 0 Å². The average molecular weight is 594 g/mol. The molecule has 0 radical (unpaired) electrons. The molecule has 0 aliphatic carbocycles. The van der Waals surface area contributed by atoms with Gasteiger partial charge in [-0.1, -0.05) is 0 Å². The molecule has 1 unspecified atom stereocenters. The Kier molecular flexibility index (Phi) is 28.1. The van der Waals surface area contributed by atoms with E-state index in [9.17, 15) is 43.2 Å². The minimum atomic E-state index is -2.74. The summed E-state index contributed by atoms with van der Waals surface area (Å²) in [6.45, 7) is 1.47. The molecule has 40 heavy (non-hydrogen) atoms. The number of carbonyl (C=O) groups is 9. The first-order valence-electron chi connectivity index (χ1n) is 9.83. The van der Waals surface area contributed by atoms with Crippen molar-refractivity contribution >= 4 is 53.4 Å². The van der Waals surface area contributed by atoms with Gasteiger partial charge < -0.3 is 61.3 Å². The van der Waals surface area contributed by atoms with Crippen LogP contribution in [-0.2, 0) is 43.2 Å². The van der Waals surface area contributed by atoms with Crippen LogP contribution in [0.3, 0.4) is 0 Å². The number of hydrogen-bond acceptors (Lipinski definition) is 14. The van der Waals surface area contributed by atoms with Crippen LogP contribution in [0.1, 0.15) is 33.1 Å². The number of hydrogen-bond donors (Lipinski definition) is 12. The Morgan fingerprint density at radius 1 is 0.650 bits per heavy atom. The number of rotatable bonds is 12. The Labute approximate surface area is 222 Å². The summed E-state index contributed by atoms with van der Waals surface area (Å²) in [5, 5.41) is 96.9. The molecule has 0 saturated heterocycles. The van der Waals surface area contributed by atoms with Crippen molar-refractivity contribution in [2.45, 2.75) is 50.9 Å². The average Bonchev–Trinajstić information content (AvgIpc) is 2.78. The molecular weight excluding hydrogens is 564 g/mol. The molecule has 12 N–H and O–H groups in total. The van der Waals surface area contributed by atoms with Crippen LogP contribution < -0.4 is 0 Å². The smallest absolute Gasteiger partial charge is 0.372 e. The van der Waals surface area contributed by atoms with Gasteiger partial charge in [-0.2, -0.15) is 0 Å². The fourth-order valence-electron chi connectivity index (χ4n) is 0.985. The topological polar surface area (TPSA) is 396 Å². The van der Waals surface area contributed by atoms with Crippen LogP contribution in [0.25, 0.3) is 0 Å². The number of carboxylic acids is 7. The van der Waals surface area contributed by atoms with Gasteiger partial charge in [0.05, 0.1) is 26.1 Å². The van der Waals surface area contributed by atoms with Crippen molar-refractivity contribution in [1.29, 1.82) is 0 Å². The fraction of sp³-hybridized carbons (Fsp3) is 0.526. The molecule has 0 aliphatic rings. The lowest BCUT2D eigenvalue weighted by atomic mass is 9.96. The van der Waals surface area contributed by atoms with E-state index in [0.29, 0.717) is 0 Å². The fourth-order valence-corrected chi connectivity index (χ4v) is 0.985. The second-order valence-corrected chi connectivity index (χ2v) is 6.67. The predicted octanol–water partition coefficient (Wildman–Crippen LogP) is -4.69. The van der Waals surface area contributed by atoms with Crippen molar-refractivity contribution in [3.8, 4) is 0 Å². The molecule has 232 valence electrons. The molecule has 0 rings (SSSR count). The summed E-state index contributed by atoms with van der Waals surface area (Å²) in [7, 11) is 0. The summed E-state index contributed by atoms with van der Waals surface area (Å²) in [6.07, 6.45) is -5.42. The van der Waals surface area contributed by atoms with Crippen LogP contribution in [-0.4, -0.2) is 146 Å². The molecule has 21 nitrogen and oxygen atoms in total. The van der Waals surface area contributed by atoms with Crippen LogP contribution >= 0.6 is 0 Å². The van der Waals surface area contributed by atoms with Crippen LogP contribution in [0.5, 0.6) is 0 Å². The first-order chi connectivity index (χ1) is 17.9. The number of aliphatic hydroxyl groups is 5. The number of carbonyl (C=O) groups excluding carboxylic acids is 2. The molecule has 1 atom stereocenters. The quantitative estimate of drug-likeness (QED) is 0.0745. The Morgan fingerprint density at radius 2 is 0.950 bits per heavy atom. The molecule has 0 fully saturated rings. The van der Waals surface area contributed by atoms with E-state index in [4.69, 9.17) is 61.3 Å². The second-order valence-electron chi connectivity index (χ2n) is 6.67. The van der Waals surface area contributed by atoms with Crippen molar-refractivity contribution in [3.05, 3.63) is 0 Å². The van der Waals surface area contributed by atoms with Gasteiger partial charge in [0.25, 0.3) is 5.78 Å². The highest BCUT2D eigenvalue weighted by molar-refractivity contribution is 6.35. The van der Waals surface area contributed by atoms with Crippen molar-refractivity contribution in [2.24, 2.45) is 0 Å². The normalized spacial score (nSPS) is 10.1. The van der Waals surface area contributed by atoms with Gasteiger partial charge in [0.15, 0.2) is 5.60 Å². The third-order valence-corrected chi connectivity index (χ3v) is 2.92. The number of aliphatic hydroxyl groups excluding tert-OH is 4. The van der Waals surface area contributed by atoms with Crippen LogP contribution in [0.2, 0.25) is 0 Å². The predicted molar refractivity (Wildman–Crippen MR) is 120 cm³/mol. The zero-order chi connectivity index (χ0) is 33.4. The van der Waals surface area contributed by atoms with Crippen molar-refractivity contribution in [1.82, 2.24) is 0 Å². The first-order valence-corrected chi connectivity index (χ1v) is 9.83. The van der Waals surface area contributed by atoms with Crippen molar-refractivity contribution < 1.29 is 104 Å². The Hall–Kier alpha value is -4.57. The second kappa shape index (κ2) is 24.7. The number of Topliss-reactive ketones (excluding diaryl/α,β-unsaturated/α-hetero) is 2. The molecule has 0 aliphatic heterocycles. The summed E-state index contributed by atoms with van der Waals surface area (Å²) >= 11 is 0. The molecule has 21 heteroatoms. The van der Waals surface area contributed by atoms with E-state index in [2.05, 4.69) is 0 Å². The SMILES string of the molecule is CC(=O)C(=O)O.CC(O)C(=O)O.O=C(O)CC(=O)C(=O)O.O=C(O)CC(O)(CC(=O)O)C(=O)O.OCC(O)CO. The van der Waals surface area contributed by atoms with Gasteiger partial charge in [0.1, 0.15) is 18.6 Å². The van der Waals surface area contributed by atoms with Gasteiger partial charge in [-0.25, -0.2) is 19.2 Å². The van der Waals surface area contributed by atoms with Crippen molar-refractivity contribution in [3.63, 3.8) is 0 Å². The summed E-state index contributed by atoms with van der Waals surface area (Å²) in [4.78, 5) is 88.1. The van der Waals surface area contributed by atoms with Gasteiger partial charge in [0, 0.05) is 6.92 Å². The summed E-state index contributed by atoms with van der Waals surface area (Å²) in [6, 6.07) is 0. The standard InChI is InChI=1S/C6H8O7.C4H4O5.C3H8O3.C3H6O3.C3H4O3/c7-3(8)1-6(13,5(11)12)2-4(9)10;5-2(4(8)9)1-3(6)7;4-1-3(6)2-5;2*1-2(4)3(5)6/h13H,1-2H2,(H,7,8)(H,9,10)(H,11,12);1H2,(H,6,7)(H,8,9);3-6H,1-2H2;2,4H,1H3,(H,5,6);1H3,(H,5,6). The Morgan fingerprint density at radius 3 is 1.02 bits per heavy atom. The molecule has 0 amide bonds. The highest BCUT2D eigenvalue weighted by Crippen LogP contribution is 2.15. The van der Waals surface area contributed by atoms with Gasteiger partial charge in [-0.3, -0.25) is 24.0 Å². The summed E-state index contributed by atoms with van der Waals surface area (Å²) in [5.41, 5.74) is -2.74. The minimum Gasteiger partial charge on any atom is -0.481 e. The van der Waals surface area contributed by atoms with E-state index in [0.717, 1.165) is 6.92 Å². The van der Waals surface area contributed by atoms with Crippen LogP contribution in [0.4, 0.5) is 0 Å². The summed E-state index contributed by atoms with van der Waals surface area (Å²) in [5.74, 6) is -12.9. The number of aliphatic carboxylic acids is 7. The van der Waals surface area contributed by atoms with Gasteiger partial charge >= 0.3 is 41.8 Å². The lowest BCUT2D eigenvalue weighted by molar-refractivity contribution is -0.170. The third-order valence-electron chi connectivity index (χ3n) is 2.92. The van der Waals surface area contributed by atoms with E-state index in [1.807, 2.05) is 0 Å². The van der Waals surface area contributed by atoms with E-state index in [1.165, 1.54) is 6.92 Å². The summed E-state index contributed by atoms with van der Waals surface area (Å²) < 4.78 is 0. The lowest BCUT2D eigenvalue weighted by Gasteiger charge is -2.18. The molecule has 0 aromatic rings. The minimum absolute atomic E-state index is 0.365. The maximum absolute atomic E-state index is 10.3. The van der Waals surface area contributed by atoms with E-state index in [1.54, 1.807) is 0 Å². The first kappa shape index (κ1) is 45.4. The number of carboxylic acid groups (broad SMARTS) is 7. The van der Waals surface area contributed by atoms with Gasteiger partial charge in [0.2, 0.25) is 5.78 Å². The van der Waals surface area contributed by atoms with Crippen molar-refractivity contribution in [2.75, 3.05) is 13.2 Å². The highest BCUT2D eigenvalue weighted by atomic mass is 16.4. The highest BCUT2D eigenvalue weighted by Gasteiger charge is 2.40. The molecule has 0 spiro atoms. The maximum Gasteiger partial charge on any atom is 0.372 e. The molecular formula is C19H30O21. The Bertz CT molecular complexity index is 841. The zero-order valence-electron chi connectivity index (χ0n) is 20.7. The molecule has 0 aromatic carbocycles.